The Morgan fingerprint density at radius 2 is 1.96 bits per heavy atom. The predicted octanol–water partition coefficient (Wildman–Crippen LogP) is 2.03. The molecule has 3 heterocycles. The minimum absolute atomic E-state index is 0.197. The number of anilines is 1. The summed E-state index contributed by atoms with van der Waals surface area (Å²) in [6, 6.07) is 7.66. The summed E-state index contributed by atoms with van der Waals surface area (Å²) in [5.41, 5.74) is 1.03. The van der Waals surface area contributed by atoms with Crippen molar-refractivity contribution in [2.45, 2.75) is 31.7 Å². The molecule has 24 heavy (non-hydrogen) atoms. The highest BCUT2D eigenvalue weighted by atomic mass is 16.5. The maximum atomic E-state index is 12.7. The average molecular weight is 329 g/mol. The summed E-state index contributed by atoms with van der Waals surface area (Å²) in [6.45, 7) is 2.24. The number of rotatable bonds is 3. The molecule has 1 N–H and O–H groups in total. The van der Waals surface area contributed by atoms with Gasteiger partial charge in [-0.05, 0) is 43.5 Å². The molecule has 0 aliphatic carbocycles. The molecule has 1 unspecified atom stereocenters. The number of piperidine rings is 1. The van der Waals surface area contributed by atoms with Crippen LogP contribution in [0.25, 0.3) is 0 Å². The lowest BCUT2D eigenvalue weighted by Crippen LogP contribution is -2.47. The number of hydrogen-bond donors (Lipinski definition) is 1. The van der Waals surface area contributed by atoms with Crippen molar-refractivity contribution in [3.8, 4) is 5.75 Å². The van der Waals surface area contributed by atoms with Gasteiger partial charge in [0.2, 0.25) is 5.91 Å². The van der Waals surface area contributed by atoms with E-state index in [1.54, 1.807) is 7.11 Å². The van der Waals surface area contributed by atoms with Crippen LogP contribution < -0.4 is 15.0 Å². The highest BCUT2D eigenvalue weighted by molar-refractivity contribution is 5.83. The van der Waals surface area contributed by atoms with Crippen molar-refractivity contribution in [2.75, 3.05) is 31.8 Å². The molecule has 6 nitrogen and oxygen atoms in total. The molecule has 3 aliphatic heterocycles. The molecule has 0 saturated carbocycles. The van der Waals surface area contributed by atoms with Gasteiger partial charge < -0.3 is 19.7 Å². The van der Waals surface area contributed by atoms with Crippen molar-refractivity contribution in [1.82, 2.24) is 10.2 Å². The van der Waals surface area contributed by atoms with Crippen LogP contribution in [0.3, 0.4) is 0 Å². The third-order valence-electron chi connectivity index (χ3n) is 4.95. The Hall–Kier alpha value is -2.37. The summed E-state index contributed by atoms with van der Waals surface area (Å²) < 4.78 is 11.0. The van der Waals surface area contributed by atoms with Gasteiger partial charge in [-0.25, -0.2) is 0 Å². The third-order valence-corrected chi connectivity index (χ3v) is 4.95. The molecule has 4 rings (SSSR count). The van der Waals surface area contributed by atoms with Gasteiger partial charge in [0, 0.05) is 25.2 Å². The van der Waals surface area contributed by atoms with Crippen LogP contribution in [0, 0.1) is 0 Å². The monoisotopic (exact) mass is 329 g/mol. The second-order valence-corrected chi connectivity index (χ2v) is 6.46. The van der Waals surface area contributed by atoms with Crippen molar-refractivity contribution in [2.24, 2.45) is 0 Å². The maximum Gasteiger partial charge on any atom is 0.245 e. The summed E-state index contributed by atoms with van der Waals surface area (Å²) in [5.74, 6) is 2.84. The fourth-order valence-corrected chi connectivity index (χ4v) is 3.59. The maximum absolute atomic E-state index is 12.7. The largest absolute Gasteiger partial charge is 0.497 e. The summed E-state index contributed by atoms with van der Waals surface area (Å²) >= 11 is 0. The van der Waals surface area contributed by atoms with Gasteiger partial charge in [0.25, 0.3) is 0 Å². The molecule has 0 aromatic heterocycles. The van der Waals surface area contributed by atoms with Crippen LogP contribution in [0.1, 0.15) is 25.7 Å². The molecule has 0 radical (unpaired) electrons. The molecule has 1 amide bonds. The summed E-state index contributed by atoms with van der Waals surface area (Å²) in [7, 11) is 1.66. The van der Waals surface area contributed by atoms with Crippen LogP contribution >= 0.6 is 0 Å². The van der Waals surface area contributed by atoms with Crippen molar-refractivity contribution < 1.29 is 14.3 Å². The summed E-state index contributed by atoms with van der Waals surface area (Å²) in [6.07, 6.45) is 4.09. The molecule has 0 spiro atoms. The third kappa shape index (κ3) is 2.66. The molecular formula is C18H23N3O3. The Kier molecular flexibility index (Phi) is 3.96. The van der Waals surface area contributed by atoms with E-state index in [2.05, 4.69) is 10.2 Å². The van der Waals surface area contributed by atoms with E-state index in [9.17, 15) is 4.79 Å². The van der Waals surface area contributed by atoms with Crippen molar-refractivity contribution in [3.63, 3.8) is 0 Å². The number of amides is 1. The number of hydrogen-bond acceptors (Lipinski definition) is 5. The van der Waals surface area contributed by atoms with E-state index in [1.807, 2.05) is 29.2 Å². The highest BCUT2D eigenvalue weighted by Gasteiger charge is 2.39. The van der Waals surface area contributed by atoms with Crippen molar-refractivity contribution in [1.29, 1.82) is 0 Å². The van der Waals surface area contributed by atoms with E-state index in [0.29, 0.717) is 13.2 Å². The molecular weight excluding hydrogens is 306 g/mol. The summed E-state index contributed by atoms with van der Waals surface area (Å²) in [5, 5.41) is 3.39. The molecule has 1 saturated heterocycles. The first-order chi connectivity index (χ1) is 11.8. The zero-order valence-corrected chi connectivity index (χ0v) is 14.0. The number of likely N-dealkylation sites (tertiary alicyclic amines) is 1. The molecule has 1 aromatic carbocycles. The summed E-state index contributed by atoms with van der Waals surface area (Å²) in [4.78, 5) is 16.8. The Balaban J connectivity index is 1.45. The lowest BCUT2D eigenvalue weighted by molar-refractivity contribution is -0.134. The number of carbonyl (C=O) groups is 1. The van der Waals surface area contributed by atoms with E-state index < -0.39 is 0 Å². The molecule has 128 valence electrons. The zero-order chi connectivity index (χ0) is 16.5. The van der Waals surface area contributed by atoms with Gasteiger partial charge in [-0.3, -0.25) is 9.69 Å². The van der Waals surface area contributed by atoms with Gasteiger partial charge in [-0.1, -0.05) is 0 Å². The minimum Gasteiger partial charge on any atom is -0.497 e. The number of methoxy groups -OCH3 is 1. The topological polar surface area (TPSA) is 54.0 Å². The molecule has 3 aliphatic rings. The molecule has 0 bridgehead atoms. The van der Waals surface area contributed by atoms with Crippen LogP contribution in [-0.2, 0) is 9.53 Å². The lowest BCUT2D eigenvalue weighted by Gasteiger charge is -2.30. The van der Waals surface area contributed by atoms with Crippen LogP contribution in [0.15, 0.2) is 35.8 Å². The van der Waals surface area contributed by atoms with E-state index >= 15 is 0 Å². The van der Waals surface area contributed by atoms with E-state index in [-0.39, 0.29) is 11.9 Å². The Bertz CT molecular complexity index is 650. The van der Waals surface area contributed by atoms with Crippen LogP contribution in [0.5, 0.6) is 5.75 Å². The van der Waals surface area contributed by atoms with Gasteiger partial charge in [0.05, 0.1) is 7.11 Å². The standard InChI is InChI=1S/C18H23N3O3/c1-23-14-7-5-13(6-8-14)21-12-24-16-11-15(19-17(16)21)18(22)20-9-3-2-4-10-20/h5-8,15,19H,2-4,9-12H2,1H3. The van der Waals surface area contributed by atoms with E-state index in [0.717, 1.165) is 48.9 Å². The quantitative estimate of drug-likeness (QED) is 0.920. The Morgan fingerprint density at radius 1 is 1.21 bits per heavy atom. The highest BCUT2D eigenvalue weighted by Crippen LogP contribution is 2.34. The second kappa shape index (κ2) is 6.26. The first-order valence-corrected chi connectivity index (χ1v) is 8.59. The van der Waals surface area contributed by atoms with Gasteiger partial charge in [-0.2, -0.15) is 0 Å². The van der Waals surface area contributed by atoms with Gasteiger partial charge in [0.15, 0.2) is 6.73 Å². The first-order valence-electron chi connectivity index (χ1n) is 8.59. The van der Waals surface area contributed by atoms with Crippen LogP contribution in [-0.4, -0.2) is 43.8 Å². The fourth-order valence-electron chi connectivity index (χ4n) is 3.59. The van der Waals surface area contributed by atoms with Crippen molar-refractivity contribution >= 4 is 11.6 Å². The fraction of sp³-hybridized carbons (Fsp3) is 0.500. The zero-order valence-electron chi connectivity index (χ0n) is 14.0. The normalized spacial score (nSPS) is 23.0. The first kappa shape index (κ1) is 15.2. The lowest BCUT2D eigenvalue weighted by atomic mass is 10.1. The molecule has 1 atom stereocenters. The smallest absolute Gasteiger partial charge is 0.245 e. The van der Waals surface area contributed by atoms with Crippen LogP contribution in [0.4, 0.5) is 5.69 Å². The Labute approximate surface area is 142 Å². The van der Waals surface area contributed by atoms with E-state index in [1.165, 1.54) is 6.42 Å². The van der Waals surface area contributed by atoms with Gasteiger partial charge >= 0.3 is 0 Å². The van der Waals surface area contributed by atoms with Crippen molar-refractivity contribution in [3.05, 3.63) is 35.8 Å². The van der Waals surface area contributed by atoms with Gasteiger partial charge in [0.1, 0.15) is 23.4 Å². The average Bonchev–Trinajstić information content (AvgIpc) is 3.22. The number of ether oxygens (including phenoxy) is 2. The Morgan fingerprint density at radius 3 is 2.67 bits per heavy atom. The molecule has 1 aromatic rings. The SMILES string of the molecule is COc1ccc(N2COC3=C2NC(C(=O)N2CCCCC2)C3)cc1. The minimum atomic E-state index is -0.200. The predicted molar refractivity (Wildman–Crippen MR) is 90.4 cm³/mol. The van der Waals surface area contributed by atoms with E-state index in [4.69, 9.17) is 9.47 Å². The molecule has 6 heteroatoms. The van der Waals surface area contributed by atoms with Crippen LogP contribution in [0.2, 0.25) is 0 Å². The number of carbonyl (C=O) groups excluding carboxylic acids is 1. The number of nitrogens with zero attached hydrogens (tertiary/aromatic N) is 2. The second-order valence-electron chi connectivity index (χ2n) is 6.46. The molecule has 1 fully saturated rings. The number of benzene rings is 1. The van der Waals surface area contributed by atoms with Gasteiger partial charge in [-0.15, -0.1) is 0 Å². The number of nitrogens with one attached hydrogen (secondary N) is 1.